The molecule has 0 aliphatic heterocycles. The Labute approximate surface area is 149 Å². The molecule has 0 spiro atoms. The van der Waals surface area contributed by atoms with Crippen molar-refractivity contribution in [2.45, 2.75) is 90.9 Å². The second-order valence-electron chi connectivity index (χ2n) is 6.09. The van der Waals surface area contributed by atoms with Crippen LogP contribution in [-0.4, -0.2) is 12.5 Å². The highest BCUT2D eigenvalue weighted by atomic mass is 16.1. The van der Waals surface area contributed by atoms with Gasteiger partial charge >= 0.3 is 0 Å². The van der Waals surface area contributed by atoms with E-state index in [1.807, 2.05) is 6.08 Å². The van der Waals surface area contributed by atoms with Crippen molar-refractivity contribution >= 4 is 5.91 Å². The summed E-state index contributed by atoms with van der Waals surface area (Å²) in [7, 11) is 0. The van der Waals surface area contributed by atoms with E-state index in [9.17, 15) is 4.79 Å². The Morgan fingerprint density at radius 2 is 1.67 bits per heavy atom. The van der Waals surface area contributed by atoms with Gasteiger partial charge in [0.05, 0.1) is 0 Å². The summed E-state index contributed by atoms with van der Waals surface area (Å²) in [5.41, 5.74) is 0. The molecule has 0 radical (unpaired) electrons. The maximum atomic E-state index is 11.5. The number of hydrogen-bond donors (Lipinski definition) is 1. The first-order valence-corrected chi connectivity index (χ1v) is 9.71. The third-order valence-electron chi connectivity index (χ3n) is 3.71. The summed E-state index contributed by atoms with van der Waals surface area (Å²) in [5, 5.41) is 2.96. The van der Waals surface area contributed by atoms with E-state index in [1.165, 1.54) is 25.7 Å². The molecule has 0 fully saturated rings. The first-order valence-electron chi connectivity index (χ1n) is 9.71. The Balaban J connectivity index is 3.40. The van der Waals surface area contributed by atoms with E-state index < -0.39 is 0 Å². The Morgan fingerprint density at radius 1 is 0.917 bits per heavy atom. The van der Waals surface area contributed by atoms with E-state index in [0.29, 0.717) is 6.42 Å². The molecule has 0 aliphatic carbocycles. The molecular weight excluding hydrogens is 294 g/mol. The Morgan fingerprint density at radius 3 is 2.46 bits per heavy atom. The minimum atomic E-state index is 0.205. The Bertz CT molecular complexity index is 442. The molecule has 0 aromatic carbocycles. The molecule has 0 unspecified atom stereocenters. The lowest BCUT2D eigenvalue weighted by Gasteiger charge is -2.03. The first kappa shape index (κ1) is 22.3. The first-order chi connectivity index (χ1) is 11.8. The number of nitrogens with one attached hydrogen (secondary N) is 1. The lowest BCUT2D eigenvalue weighted by atomic mass is 10.1. The largest absolute Gasteiger partial charge is 0.356 e. The minimum absolute atomic E-state index is 0.205. The average molecular weight is 330 g/mol. The van der Waals surface area contributed by atoms with Gasteiger partial charge in [-0.1, -0.05) is 70.3 Å². The van der Waals surface area contributed by atoms with Gasteiger partial charge in [0, 0.05) is 19.4 Å². The van der Waals surface area contributed by atoms with Crippen molar-refractivity contribution in [2.24, 2.45) is 0 Å². The number of allylic oxidation sites excluding steroid dienone is 2. The summed E-state index contributed by atoms with van der Waals surface area (Å²) in [6.45, 7) is 5.15. The van der Waals surface area contributed by atoms with E-state index >= 15 is 0 Å². The van der Waals surface area contributed by atoms with Crippen molar-refractivity contribution in [1.29, 1.82) is 0 Å². The highest BCUT2D eigenvalue weighted by Crippen LogP contribution is 2.06. The number of hydrogen-bond acceptors (Lipinski definition) is 1. The fraction of sp³-hybridized carbons (Fsp3) is 0.682. The Kier molecular flexibility index (Phi) is 18.0. The molecule has 1 amide bonds. The maximum absolute atomic E-state index is 11.5. The number of carbonyl (C=O) groups is 1. The highest BCUT2D eigenvalue weighted by molar-refractivity contribution is 5.75. The summed E-state index contributed by atoms with van der Waals surface area (Å²) in [6.07, 6.45) is 17.0. The van der Waals surface area contributed by atoms with Crippen LogP contribution in [0.25, 0.3) is 0 Å². The molecule has 0 bridgehead atoms. The molecule has 0 aromatic rings. The molecule has 2 nitrogen and oxygen atoms in total. The summed E-state index contributed by atoms with van der Waals surface area (Å²) in [5.74, 6) is 12.0. The topological polar surface area (TPSA) is 29.1 Å². The second-order valence-corrected chi connectivity index (χ2v) is 6.09. The lowest BCUT2D eigenvalue weighted by Crippen LogP contribution is -2.23. The predicted octanol–water partition coefficient (Wildman–Crippen LogP) is 5.39. The zero-order valence-corrected chi connectivity index (χ0v) is 15.8. The van der Waals surface area contributed by atoms with E-state index in [2.05, 4.69) is 48.9 Å². The zero-order chi connectivity index (χ0) is 17.7. The highest BCUT2D eigenvalue weighted by Gasteiger charge is 1.99. The van der Waals surface area contributed by atoms with Crippen molar-refractivity contribution < 1.29 is 4.79 Å². The molecule has 2 heteroatoms. The molecule has 134 valence electrons. The monoisotopic (exact) mass is 329 g/mol. The fourth-order valence-corrected chi connectivity index (χ4v) is 2.17. The zero-order valence-electron chi connectivity index (χ0n) is 15.8. The average Bonchev–Trinajstić information content (AvgIpc) is 2.58. The van der Waals surface area contributed by atoms with Gasteiger partial charge in [-0.15, -0.1) is 0 Å². The molecule has 1 N–H and O–H groups in total. The standard InChI is InChI=1S/C22H35NO/c1-3-5-7-8-9-10-11-12-13-14-15-16-17-18-19-20-22(24)23-21-6-4-2/h8-9H,3-7,14-21H2,1-2H3,(H,23,24)/b9-8+. The van der Waals surface area contributed by atoms with Gasteiger partial charge in [-0.25, -0.2) is 0 Å². The van der Waals surface area contributed by atoms with E-state index in [0.717, 1.165) is 51.5 Å². The number of amides is 1. The van der Waals surface area contributed by atoms with Crippen LogP contribution in [0.3, 0.4) is 0 Å². The van der Waals surface area contributed by atoms with Crippen molar-refractivity contribution in [1.82, 2.24) is 5.32 Å². The summed E-state index contributed by atoms with van der Waals surface area (Å²) in [6, 6.07) is 0. The van der Waals surface area contributed by atoms with Gasteiger partial charge < -0.3 is 5.32 Å². The Hall–Kier alpha value is -1.67. The summed E-state index contributed by atoms with van der Waals surface area (Å²) < 4.78 is 0. The molecule has 0 heterocycles. The third-order valence-corrected chi connectivity index (χ3v) is 3.71. The normalized spacial score (nSPS) is 9.92. The predicted molar refractivity (Wildman–Crippen MR) is 104 cm³/mol. The molecule has 0 aliphatic rings. The van der Waals surface area contributed by atoms with E-state index in [4.69, 9.17) is 0 Å². The smallest absolute Gasteiger partial charge is 0.219 e. The van der Waals surface area contributed by atoms with Crippen LogP contribution in [0.1, 0.15) is 90.9 Å². The van der Waals surface area contributed by atoms with Gasteiger partial charge in [0.1, 0.15) is 0 Å². The van der Waals surface area contributed by atoms with Gasteiger partial charge in [-0.3, -0.25) is 4.79 Å². The molecular formula is C22H35NO. The number of carbonyl (C=O) groups excluding carboxylic acids is 1. The van der Waals surface area contributed by atoms with Gasteiger partial charge in [-0.05, 0) is 43.6 Å². The second kappa shape index (κ2) is 19.4. The molecule has 0 rings (SSSR count). The van der Waals surface area contributed by atoms with Gasteiger partial charge in [0.2, 0.25) is 5.91 Å². The lowest BCUT2D eigenvalue weighted by molar-refractivity contribution is -0.121. The van der Waals surface area contributed by atoms with Gasteiger partial charge in [0.25, 0.3) is 0 Å². The maximum Gasteiger partial charge on any atom is 0.219 e. The van der Waals surface area contributed by atoms with Crippen molar-refractivity contribution in [3.8, 4) is 23.7 Å². The van der Waals surface area contributed by atoms with Crippen LogP contribution in [0, 0.1) is 23.7 Å². The van der Waals surface area contributed by atoms with Crippen LogP contribution in [0.5, 0.6) is 0 Å². The van der Waals surface area contributed by atoms with Crippen LogP contribution >= 0.6 is 0 Å². The fourth-order valence-electron chi connectivity index (χ4n) is 2.17. The SMILES string of the molecule is CCCC/C=C/C#CC#CCCCCCCCC(=O)NCCCC. The molecule has 0 aromatic heterocycles. The van der Waals surface area contributed by atoms with E-state index in [-0.39, 0.29) is 5.91 Å². The van der Waals surface area contributed by atoms with Crippen molar-refractivity contribution in [2.75, 3.05) is 6.54 Å². The third kappa shape index (κ3) is 18.4. The summed E-state index contributed by atoms with van der Waals surface area (Å²) >= 11 is 0. The molecule has 0 atom stereocenters. The quantitative estimate of drug-likeness (QED) is 0.356. The van der Waals surface area contributed by atoms with E-state index in [1.54, 1.807) is 0 Å². The van der Waals surface area contributed by atoms with Crippen LogP contribution < -0.4 is 5.32 Å². The molecule has 0 saturated heterocycles. The van der Waals surface area contributed by atoms with Crippen LogP contribution in [0.15, 0.2) is 12.2 Å². The minimum Gasteiger partial charge on any atom is -0.356 e. The number of unbranched alkanes of at least 4 members (excludes halogenated alkanes) is 8. The summed E-state index contributed by atoms with van der Waals surface area (Å²) in [4.78, 5) is 11.5. The molecule has 24 heavy (non-hydrogen) atoms. The van der Waals surface area contributed by atoms with Gasteiger partial charge in [0.15, 0.2) is 0 Å². The van der Waals surface area contributed by atoms with Crippen LogP contribution in [0.2, 0.25) is 0 Å². The van der Waals surface area contributed by atoms with Crippen molar-refractivity contribution in [3.05, 3.63) is 12.2 Å². The number of rotatable bonds is 13. The van der Waals surface area contributed by atoms with Crippen LogP contribution in [0.4, 0.5) is 0 Å². The van der Waals surface area contributed by atoms with Crippen molar-refractivity contribution in [3.63, 3.8) is 0 Å². The van der Waals surface area contributed by atoms with Gasteiger partial charge in [-0.2, -0.15) is 0 Å². The molecule has 0 saturated carbocycles. The van der Waals surface area contributed by atoms with Crippen LogP contribution in [-0.2, 0) is 4.79 Å².